The summed E-state index contributed by atoms with van der Waals surface area (Å²) in [6, 6.07) is 5.80. The Morgan fingerprint density at radius 1 is 1.26 bits per heavy atom. The minimum Gasteiger partial charge on any atom is -0.383 e. The fourth-order valence-electron chi connectivity index (χ4n) is 1.40. The van der Waals surface area contributed by atoms with E-state index in [1.165, 1.54) is 36.3 Å². The van der Waals surface area contributed by atoms with Gasteiger partial charge in [0.15, 0.2) is 0 Å². The molecule has 0 atom stereocenters. The normalized spacial score (nSPS) is 11.3. The van der Waals surface area contributed by atoms with Gasteiger partial charge in [0.1, 0.15) is 0 Å². The lowest BCUT2D eigenvalue weighted by Gasteiger charge is -2.11. The van der Waals surface area contributed by atoms with Crippen molar-refractivity contribution in [3.63, 3.8) is 0 Å². The van der Waals surface area contributed by atoms with E-state index in [0.717, 1.165) is 0 Å². The van der Waals surface area contributed by atoms with Gasteiger partial charge in [-0.05, 0) is 24.3 Å². The number of hydrogen-bond donors (Lipinski definition) is 1. The van der Waals surface area contributed by atoms with Gasteiger partial charge in [-0.25, -0.2) is 13.1 Å². The Kier molecular flexibility index (Phi) is 5.46. The minimum atomic E-state index is -3.55. The summed E-state index contributed by atoms with van der Waals surface area (Å²) in [5.41, 5.74) is 0.445. The Hall–Kier alpha value is -1.44. The van der Waals surface area contributed by atoms with E-state index in [0.29, 0.717) is 12.2 Å². The molecule has 0 bridgehead atoms. The van der Waals surface area contributed by atoms with E-state index in [4.69, 9.17) is 4.74 Å². The maximum Gasteiger partial charge on any atom is 0.253 e. The highest BCUT2D eigenvalue weighted by Crippen LogP contribution is 2.11. The van der Waals surface area contributed by atoms with Crippen LogP contribution < -0.4 is 4.72 Å². The number of benzene rings is 1. The van der Waals surface area contributed by atoms with Gasteiger partial charge in [-0.15, -0.1) is 0 Å². The molecule has 0 fully saturated rings. The number of hydrogen-bond acceptors (Lipinski definition) is 4. The number of methoxy groups -OCH3 is 1. The molecule has 6 nitrogen and oxygen atoms in total. The van der Waals surface area contributed by atoms with Gasteiger partial charge in [-0.1, -0.05) is 0 Å². The number of nitrogens with one attached hydrogen (secondary N) is 1. The molecular formula is C12H18N2O4S. The van der Waals surface area contributed by atoms with Crippen LogP contribution in [0.3, 0.4) is 0 Å². The fraction of sp³-hybridized carbons (Fsp3) is 0.417. The Labute approximate surface area is 113 Å². The summed E-state index contributed by atoms with van der Waals surface area (Å²) >= 11 is 0. The van der Waals surface area contributed by atoms with Gasteiger partial charge in [-0.3, -0.25) is 4.79 Å². The molecular weight excluding hydrogens is 268 g/mol. The highest BCUT2D eigenvalue weighted by Gasteiger charge is 2.14. The van der Waals surface area contributed by atoms with Crippen LogP contribution in [0.5, 0.6) is 0 Å². The van der Waals surface area contributed by atoms with Crippen molar-refractivity contribution in [3.05, 3.63) is 29.8 Å². The van der Waals surface area contributed by atoms with Crippen LogP contribution in [0.15, 0.2) is 29.2 Å². The van der Waals surface area contributed by atoms with Crippen LogP contribution in [0, 0.1) is 0 Å². The van der Waals surface area contributed by atoms with E-state index < -0.39 is 10.0 Å². The Bertz CT molecular complexity index is 523. The first-order valence-corrected chi connectivity index (χ1v) is 7.17. The lowest BCUT2D eigenvalue weighted by molar-refractivity contribution is 0.0827. The highest BCUT2D eigenvalue weighted by atomic mass is 32.2. The first-order chi connectivity index (χ1) is 8.88. The summed E-state index contributed by atoms with van der Waals surface area (Å²) < 4.78 is 30.9. The molecule has 1 aromatic carbocycles. The lowest BCUT2D eigenvalue weighted by atomic mass is 10.2. The summed E-state index contributed by atoms with van der Waals surface area (Å²) in [6.45, 7) is 0.508. The van der Waals surface area contributed by atoms with E-state index in [9.17, 15) is 13.2 Å². The second kappa shape index (κ2) is 6.65. The van der Waals surface area contributed by atoms with Crippen molar-refractivity contribution in [1.82, 2.24) is 9.62 Å². The monoisotopic (exact) mass is 286 g/mol. The van der Waals surface area contributed by atoms with Crippen molar-refractivity contribution in [1.29, 1.82) is 0 Å². The van der Waals surface area contributed by atoms with E-state index in [2.05, 4.69) is 4.72 Å². The van der Waals surface area contributed by atoms with Crippen molar-refractivity contribution in [3.8, 4) is 0 Å². The Morgan fingerprint density at radius 3 is 2.32 bits per heavy atom. The zero-order valence-electron chi connectivity index (χ0n) is 11.2. The molecule has 0 aliphatic heterocycles. The number of carbonyl (C=O) groups is 1. The molecule has 1 aromatic rings. The lowest BCUT2D eigenvalue weighted by Crippen LogP contribution is -2.27. The first kappa shape index (κ1) is 15.6. The van der Waals surface area contributed by atoms with Crippen molar-refractivity contribution in [2.45, 2.75) is 4.90 Å². The van der Waals surface area contributed by atoms with Gasteiger partial charge in [0.05, 0.1) is 11.5 Å². The van der Waals surface area contributed by atoms with Crippen molar-refractivity contribution < 1.29 is 17.9 Å². The van der Waals surface area contributed by atoms with Gasteiger partial charge >= 0.3 is 0 Å². The van der Waals surface area contributed by atoms with Crippen molar-refractivity contribution >= 4 is 15.9 Å². The second-order valence-electron chi connectivity index (χ2n) is 4.11. The number of amides is 1. The van der Waals surface area contributed by atoms with Gasteiger partial charge in [0.25, 0.3) is 5.91 Å². The molecule has 7 heteroatoms. The van der Waals surface area contributed by atoms with Gasteiger partial charge in [0.2, 0.25) is 10.0 Å². The third kappa shape index (κ3) is 4.30. The van der Waals surface area contributed by atoms with E-state index in [1.54, 1.807) is 14.1 Å². The Balaban J connectivity index is 2.84. The third-order valence-corrected chi connectivity index (χ3v) is 3.89. The van der Waals surface area contributed by atoms with Crippen LogP contribution in [0.2, 0.25) is 0 Å². The predicted molar refractivity (Wildman–Crippen MR) is 71.5 cm³/mol. The first-order valence-electron chi connectivity index (χ1n) is 5.69. The zero-order valence-corrected chi connectivity index (χ0v) is 12.0. The van der Waals surface area contributed by atoms with Crippen molar-refractivity contribution in [2.24, 2.45) is 0 Å². The molecule has 0 saturated carbocycles. The number of sulfonamides is 1. The average Bonchev–Trinajstić information content (AvgIpc) is 2.38. The maximum absolute atomic E-state index is 11.9. The van der Waals surface area contributed by atoms with Gasteiger partial charge < -0.3 is 9.64 Å². The molecule has 0 spiro atoms. The fourth-order valence-corrected chi connectivity index (χ4v) is 2.41. The molecule has 0 aliphatic rings. The summed E-state index contributed by atoms with van der Waals surface area (Å²) in [6.07, 6.45) is 0. The molecule has 0 saturated heterocycles. The number of carbonyl (C=O) groups excluding carboxylic acids is 1. The number of ether oxygens (including phenoxy) is 1. The molecule has 1 N–H and O–H groups in total. The predicted octanol–water partition coefficient (Wildman–Crippen LogP) is 0.313. The zero-order chi connectivity index (χ0) is 14.5. The van der Waals surface area contributed by atoms with Crippen LogP contribution >= 0.6 is 0 Å². The standard InChI is InChI=1S/C12H18N2O4S/c1-14(2)12(15)10-4-6-11(7-5-10)19(16,17)13-8-9-18-3/h4-7,13H,8-9H2,1-3H3. The molecule has 0 unspecified atom stereocenters. The molecule has 1 amide bonds. The quantitative estimate of drug-likeness (QED) is 0.764. The molecule has 1 rings (SSSR count). The molecule has 0 aromatic heterocycles. The maximum atomic E-state index is 11.9. The summed E-state index contributed by atoms with van der Waals surface area (Å²) in [4.78, 5) is 13.2. The van der Waals surface area contributed by atoms with Crippen LogP contribution in [0.4, 0.5) is 0 Å². The number of nitrogens with zero attached hydrogens (tertiary/aromatic N) is 1. The topological polar surface area (TPSA) is 75.7 Å². The summed E-state index contributed by atoms with van der Waals surface area (Å²) in [5.74, 6) is -0.170. The number of rotatable bonds is 6. The molecule has 0 heterocycles. The molecule has 106 valence electrons. The SMILES string of the molecule is COCCNS(=O)(=O)c1ccc(C(=O)N(C)C)cc1. The van der Waals surface area contributed by atoms with E-state index >= 15 is 0 Å². The van der Waals surface area contributed by atoms with Gasteiger partial charge in [0, 0.05) is 33.3 Å². The summed E-state index contributed by atoms with van der Waals surface area (Å²) in [5, 5.41) is 0. The molecule has 0 radical (unpaired) electrons. The van der Waals surface area contributed by atoms with Crippen LogP contribution in [0.1, 0.15) is 10.4 Å². The smallest absolute Gasteiger partial charge is 0.253 e. The molecule has 0 aliphatic carbocycles. The summed E-state index contributed by atoms with van der Waals surface area (Å²) in [7, 11) is 1.22. The highest BCUT2D eigenvalue weighted by molar-refractivity contribution is 7.89. The van der Waals surface area contributed by atoms with Crippen LogP contribution in [0.25, 0.3) is 0 Å². The average molecular weight is 286 g/mol. The Morgan fingerprint density at radius 2 is 1.84 bits per heavy atom. The minimum absolute atomic E-state index is 0.124. The van der Waals surface area contributed by atoms with E-state index in [-0.39, 0.29) is 17.3 Å². The largest absolute Gasteiger partial charge is 0.383 e. The van der Waals surface area contributed by atoms with Crippen molar-refractivity contribution in [2.75, 3.05) is 34.4 Å². The van der Waals surface area contributed by atoms with Crippen LogP contribution in [-0.2, 0) is 14.8 Å². The third-order valence-electron chi connectivity index (χ3n) is 2.42. The van der Waals surface area contributed by atoms with Gasteiger partial charge in [-0.2, -0.15) is 0 Å². The van der Waals surface area contributed by atoms with Crippen LogP contribution in [-0.4, -0.2) is 53.6 Å². The second-order valence-corrected chi connectivity index (χ2v) is 5.88. The van der Waals surface area contributed by atoms with E-state index in [1.807, 2.05) is 0 Å². The molecule has 19 heavy (non-hydrogen) atoms.